The minimum absolute atomic E-state index is 0.0385. The zero-order chi connectivity index (χ0) is 16.4. The molecule has 8 nitrogen and oxygen atoms in total. The number of carbonyl (C=O) groups is 1. The van der Waals surface area contributed by atoms with E-state index in [2.05, 4.69) is 16.1 Å². The second kappa shape index (κ2) is 6.15. The molecule has 120 valence electrons. The van der Waals surface area contributed by atoms with Crippen molar-refractivity contribution in [3.63, 3.8) is 0 Å². The Balaban J connectivity index is 1.70. The Bertz CT molecular complexity index is 738. The number of hydrogen-bond donors (Lipinski definition) is 0. The van der Waals surface area contributed by atoms with Crippen LogP contribution in [0.25, 0.3) is 0 Å². The Labute approximate surface area is 132 Å². The van der Waals surface area contributed by atoms with Crippen molar-refractivity contribution in [2.75, 3.05) is 0 Å². The molecule has 0 N–H and O–H groups in total. The van der Waals surface area contributed by atoms with Gasteiger partial charge in [0.15, 0.2) is 0 Å². The molecule has 0 bridgehead atoms. The predicted octanol–water partition coefficient (Wildman–Crippen LogP) is 1.69. The first-order valence-corrected chi connectivity index (χ1v) is 7.42. The van der Waals surface area contributed by atoms with Crippen LogP contribution in [0, 0.1) is 17.0 Å². The molecule has 0 saturated heterocycles. The molecule has 1 aliphatic carbocycles. The van der Waals surface area contributed by atoms with Gasteiger partial charge in [0.2, 0.25) is 12.2 Å². The molecule has 0 unspecified atom stereocenters. The smallest absolute Gasteiger partial charge is 0.390 e. The van der Waals surface area contributed by atoms with Gasteiger partial charge in [-0.2, -0.15) is 4.68 Å². The van der Waals surface area contributed by atoms with Crippen LogP contribution in [0.4, 0.5) is 5.95 Å². The van der Waals surface area contributed by atoms with Gasteiger partial charge >= 0.3 is 5.95 Å². The molecule has 1 saturated carbocycles. The monoisotopic (exact) mass is 315 g/mol. The normalized spacial score (nSPS) is 13.8. The maximum absolute atomic E-state index is 12.5. The third-order valence-corrected chi connectivity index (χ3v) is 3.73. The maximum atomic E-state index is 12.5. The first-order valence-electron chi connectivity index (χ1n) is 7.42. The SMILES string of the molecule is Cc1cccc(CN(C(=O)Cn2cnc([N+](=O)[O-])n2)C2CC2)c1. The largest absolute Gasteiger partial charge is 0.490 e. The van der Waals surface area contributed by atoms with Crippen molar-refractivity contribution in [1.82, 2.24) is 19.7 Å². The Morgan fingerprint density at radius 2 is 2.26 bits per heavy atom. The number of nitrogens with zero attached hydrogens (tertiary/aromatic N) is 5. The fourth-order valence-corrected chi connectivity index (χ4v) is 2.49. The summed E-state index contributed by atoms with van der Waals surface area (Å²) >= 11 is 0. The predicted molar refractivity (Wildman–Crippen MR) is 81.4 cm³/mol. The van der Waals surface area contributed by atoms with Gasteiger partial charge in [-0.1, -0.05) is 34.8 Å². The van der Waals surface area contributed by atoms with E-state index in [1.165, 1.54) is 11.0 Å². The lowest BCUT2D eigenvalue weighted by molar-refractivity contribution is -0.394. The van der Waals surface area contributed by atoms with Crippen molar-refractivity contribution in [1.29, 1.82) is 0 Å². The molecule has 1 amide bonds. The van der Waals surface area contributed by atoms with Crippen LogP contribution in [0.3, 0.4) is 0 Å². The Hall–Kier alpha value is -2.77. The van der Waals surface area contributed by atoms with Crippen molar-refractivity contribution in [2.24, 2.45) is 0 Å². The average molecular weight is 315 g/mol. The third-order valence-electron chi connectivity index (χ3n) is 3.73. The Kier molecular flexibility index (Phi) is 4.05. The Morgan fingerprint density at radius 3 is 2.87 bits per heavy atom. The molecule has 0 aliphatic heterocycles. The fraction of sp³-hybridized carbons (Fsp3) is 0.400. The molecule has 0 spiro atoms. The van der Waals surface area contributed by atoms with Crippen LogP contribution in [0.5, 0.6) is 0 Å². The quantitative estimate of drug-likeness (QED) is 0.597. The van der Waals surface area contributed by atoms with Crippen LogP contribution >= 0.6 is 0 Å². The van der Waals surface area contributed by atoms with Crippen molar-refractivity contribution < 1.29 is 9.72 Å². The van der Waals surface area contributed by atoms with Gasteiger partial charge in [-0.3, -0.25) is 4.79 Å². The van der Waals surface area contributed by atoms with Crippen LogP contribution in [0.1, 0.15) is 24.0 Å². The lowest BCUT2D eigenvalue weighted by Crippen LogP contribution is -2.35. The summed E-state index contributed by atoms with van der Waals surface area (Å²) in [6, 6.07) is 8.29. The number of carbonyl (C=O) groups excluding carboxylic acids is 1. The lowest BCUT2D eigenvalue weighted by atomic mass is 10.1. The van der Waals surface area contributed by atoms with Crippen LogP contribution in [-0.4, -0.2) is 36.5 Å². The van der Waals surface area contributed by atoms with E-state index in [1.807, 2.05) is 30.0 Å². The second-order valence-electron chi connectivity index (χ2n) is 5.74. The minimum atomic E-state index is -0.674. The molecular formula is C15H17N5O3. The highest BCUT2D eigenvalue weighted by atomic mass is 16.6. The highest BCUT2D eigenvalue weighted by Crippen LogP contribution is 2.28. The second-order valence-corrected chi connectivity index (χ2v) is 5.74. The van der Waals surface area contributed by atoms with Crippen molar-refractivity contribution in [3.05, 3.63) is 51.8 Å². The average Bonchev–Trinajstić information content (AvgIpc) is 3.23. The summed E-state index contributed by atoms with van der Waals surface area (Å²) in [7, 11) is 0. The summed E-state index contributed by atoms with van der Waals surface area (Å²) in [6.45, 7) is 2.52. The Morgan fingerprint density at radius 1 is 1.48 bits per heavy atom. The van der Waals surface area contributed by atoms with Crippen LogP contribution in [0.2, 0.25) is 0 Å². The topological polar surface area (TPSA) is 94.2 Å². The molecule has 3 rings (SSSR count). The molecule has 0 atom stereocenters. The number of aromatic nitrogens is 3. The van der Waals surface area contributed by atoms with Crippen LogP contribution in [-0.2, 0) is 17.9 Å². The van der Waals surface area contributed by atoms with E-state index in [9.17, 15) is 14.9 Å². The van der Waals surface area contributed by atoms with Gasteiger partial charge in [-0.25, -0.2) is 0 Å². The summed E-state index contributed by atoms with van der Waals surface area (Å²) in [5.41, 5.74) is 2.23. The van der Waals surface area contributed by atoms with Crippen molar-refractivity contribution >= 4 is 11.9 Å². The van der Waals surface area contributed by atoms with E-state index in [0.717, 1.165) is 24.0 Å². The number of nitro groups is 1. The van der Waals surface area contributed by atoms with Crippen LogP contribution < -0.4 is 0 Å². The molecule has 2 aromatic rings. The molecule has 23 heavy (non-hydrogen) atoms. The molecule has 1 aromatic heterocycles. The number of amides is 1. The van der Waals surface area contributed by atoms with Crippen molar-refractivity contribution in [2.45, 2.75) is 38.9 Å². The lowest BCUT2D eigenvalue weighted by Gasteiger charge is -2.22. The van der Waals surface area contributed by atoms with E-state index < -0.39 is 10.9 Å². The summed E-state index contributed by atoms with van der Waals surface area (Å²) < 4.78 is 1.21. The van der Waals surface area contributed by atoms with Crippen LogP contribution in [0.15, 0.2) is 30.6 Å². The summed E-state index contributed by atoms with van der Waals surface area (Å²) in [5, 5.41) is 14.3. The van der Waals surface area contributed by atoms with E-state index >= 15 is 0 Å². The van der Waals surface area contributed by atoms with E-state index in [-0.39, 0.29) is 18.5 Å². The molecular weight excluding hydrogens is 298 g/mol. The number of aryl methyl sites for hydroxylation is 1. The molecule has 1 fully saturated rings. The zero-order valence-corrected chi connectivity index (χ0v) is 12.8. The van der Waals surface area contributed by atoms with Gasteiger partial charge < -0.3 is 15.0 Å². The van der Waals surface area contributed by atoms with E-state index in [1.54, 1.807) is 0 Å². The zero-order valence-electron chi connectivity index (χ0n) is 12.8. The molecule has 1 aromatic carbocycles. The number of benzene rings is 1. The van der Waals surface area contributed by atoms with Gasteiger partial charge in [0, 0.05) is 17.7 Å². The minimum Gasteiger partial charge on any atom is -0.390 e. The third kappa shape index (κ3) is 3.71. The molecule has 1 heterocycles. The van der Waals surface area contributed by atoms with E-state index in [4.69, 9.17) is 0 Å². The first-order chi connectivity index (χ1) is 11.0. The van der Waals surface area contributed by atoms with Gasteiger partial charge in [0.1, 0.15) is 6.54 Å². The van der Waals surface area contributed by atoms with Gasteiger partial charge in [0.25, 0.3) is 0 Å². The summed E-state index contributed by atoms with van der Waals surface area (Å²) in [6.07, 6.45) is 3.21. The maximum Gasteiger partial charge on any atom is 0.490 e. The number of rotatable bonds is 6. The summed E-state index contributed by atoms with van der Waals surface area (Å²) in [5.74, 6) is -0.594. The standard InChI is InChI=1S/C15H17N5O3/c1-11-3-2-4-12(7-11)8-19(13-5-6-13)14(21)9-18-10-16-15(17-18)20(22)23/h2-4,7,10,13H,5-6,8-9H2,1H3. The highest BCUT2D eigenvalue weighted by Gasteiger charge is 2.33. The number of hydrogen-bond acceptors (Lipinski definition) is 5. The highest BCUT2D eigenvalue weighted by molar-refractivity contribution is 5.76. The van der Waals surface area contributed by atoms with Gasteiger partial charge in [-0.05, 0) is 30.3 Å². The van der Waals surface area contributed by atoms with E-state index in [0.29, 0.717) is 6.54 Å². The fourth-order valence-electron chi connectivity index (χ4n) is 2.49. The van der Waals surface area contributed by atoms with Gasteiger partial charge in [0.05, 0.1) is 0 Å². The first kappa shape index (κ1) is 15.1. The molecule has 8 heteroatoms. The molecule has 1 aliphatic rings. The van der Waals surface area contributed by atoms with Crippen molar-refractivity contribution in [3.8, 4) is 0 Å². The summed E-state index contributed by atoms with van der Waals surface area (Å²) in [4.78, 5) is 27.8. The van der Waals surface area contributed by atoms with Gasteiger partial charge in [-0.15, -0.1) is 0 Å². The molecule has 0 radical (unpaired) electrons.